The van der Waals surface area contributed by atoms with Crippen molar-refractivity contribution in [3.63, 3.8) is 0 Å². The number of hydrogen-bond donors (Lipinski definition) is 1. The van der Waals surface area contributed by atoms with Crippen molar-refractivity contribution in [2.45, 2.75) is 30.5 Å². The lowest BCUT2D eigenvalue weighted by atomic mass is 10.0. The van der Waals surface area contributed by atoms with Gasteiger partial charge in [0.15, 0.2) is 0 Å². The maximum atomic E-state index is 14.5. The second kappa shape index (κ2) is 9.40. The van der Waals surface area contributed by atoms with Crippen LogP contribution in [0.25, 0.3) is 0 Å². The van der Waals surface area contributed by atoms with Gasteiger partial charge in [-0.25, -0.2) is 12.8 Å². The van der Waals surface area contributed by atoms with Crippen molar-refractivity contribution in [1.29, 1.82) is 0 Å². The molecule has 1 atom stereocenters. The second-order valence-electron chi connectivity index (χ2n) is 6.83. The zero-order valence-corrected chi connectivity index (χ0v) is 18.3. The van der Waals surface area contributed by atoms with Crippen LogP contribution >= 0.6 is 11.3 Å². The number of anilines is 1. The van der Waals surface area contributed by atoms with E-state index in [0.717, 1.165) is 26.8 Å². The van der Waals surface area contributed by atoms with Gasteiger partial charge in [-0.3, -0.25) is 9.10 Å². The molecule has 5 nitrogen and oxygen atoms in total. The first-order chi connectivity index (χ1) is 14.3. The van der Waals surface area contributed by atoms with Crippen LogP contribution in [0, 0.1) is 12.7 Å². The summed E-state index contributed by atoms with van der Waals surface area (Å²) in [7, 11) is -4.09. The highest BCUT2D eigenvalue weighted by Gasteiger charge is 2.30. The summed E-state index contributed by atoms with van der Waals surface area (Å²) in [6.07, 6.45) is 0.631. The molecule has 1 amide bonds. The fraction of sp³-hybridized carbons (Fsp3) is 0.227. The molecular weight excluding hydrogens is 423 g/mol. The van der Waals surface area contributed by atoms with Gasteiger partial charge in [-0.2, -0.15) is 0 Å². The number of thiophene rings is 1. The SMILES string of the molecule is CC[C@@H](NC(=O)CN(c1ccccc1F)S(=O)(=O)c1cccs1)c1ccc(C)cc1. The molecule has 0 spiro atoms. The lowest BCUT2D eigenvalue weighted by molar-refractivity contribution is -0.120. The van der Waals surface area contributed by atoms with E-state index >= 15 is 0 Å². The van der Waals surface area contributed by atoms with E-state index in [1.165, 1.54) is 30.3 Å². The first kappa shape index (κ1) is 22.0. The molecule has 0 saturated carbocycles. The van der Waals surface area contributed by atoms with Crippen molar-refractivity contribution >= 4 is 33.0 Å². The number of sulfonamides is 1. The highest BCUT2D eigenvalue weighted by atomic mass is 32.2. The number of nitrogens with zero attached hydrogens (tertiary/aromatic N) is 1. The molecule has 0 fully saturated rings. The van der Waals surface area contributed by atoms with Crippen LogP contribution in [0.5, 0.6) is 0 Å². The Morgan fingerprint density at radius 1 is 1.10 bits per heavy atom. The summed E-state index contributed by atoms with van der Waals surface area (Å²) in [6.45, 7) is 3.39. The van der Waals surface area contributed by atoms with E-state index in [1.54, 1.807) is 11.4 Å². The predicted molar refractivity (Wildman–Crippen MR) is 118 cm³/mol. The largest absolute Gasteiger partial charge is 0.348 e. The maximum Gasteiger partial charge on any atom is 0.274 e. The van der Waals surface area contributed by atoms with Gasteiger partial charge in [0.2, 0.25) is 5.91 Å². The summed E-state index contributed by atoms with van der Waals surface area (Å²) in [6, 6.07) is 16.1. The van der Waals surface area contributed by atoms with E-state index in [2.05, 4.69) is 5.32 Å². The Balaban J connectivity index is 1.88. The molecule has 8 heteroatoms. The van der Waals surface area contributed by atoms with Crippen molar-refractivity contribution in [3.05, 3.63) is 83.0 Å². The number of rotatable bonds is 8. The molecule has 0 unspecified atom stereocenters. The average molecular weight is 447 g/mol. The van der Waals surface area contributed by atoms with Crippen LogP contribution < -0.4 is 9.62 Å². The highest BCUT2D eigenvalue weighted by molar-refractivity contribution is 7.94. The molecule has 2 aromatic carbocycles. The Bertz CT molecular complexity index is 1100. The molecule has 3 aromatic rings. The monoisotopic (exact) mass is 446 g/mol. The molecule has 0 aliphatic heterocycles. The fourth-order valence-electron chi connectivity index (χ4n) is 3.06. The van der Waals surface area contributed by atoms with E-state index < -0.39 is 28.3 Å². The van der Waals surface area contributed by atoms with Crippen LogP contribution in [0.15, 0.2) is 70.3 Å². The molecule has 0 saturated heterocycles. The molecule has 3 rings (SSSR count). The third-order valence-corrected chi connectivity index (χ3v) is 7.80. The number of carbonyl (C=O) groups is 1. The smallest absolute Gasteiger partial charge is 0.274 e. The standard InChI is InChI=1S/C22H23FN2O3S2/c1-3-19(17-12-10-16(2)11-13-17)24-21(26)15-25(20-8-5-4-7-18(20)23)30(27,28)22-9-6-14-29-22/h4-14,19H,3,15H2,1-2H3,(H,24,26)/t19-/m1/s1. The maximum absolute atomic E-state index is 14.5. The summed E-state index contributed by atoms with van der Waals surface area (Å²) in [5, 5.41) is 4.50. The molecule has 158 valence electrons. The second-order valence-corrected chi connectivity index (χ2v) is 9.87. The van der Waals surface area contributed by atoms with Crippen molar-refractivity contribution < 1.29 is 17.6 Å². The third-order valence-electron chi connectivity index (χ3n) is 4.67. The van der Waals surface area contributed by atoms with Gasteiger partial charge in [-0.05, 0) is 42.5 Å². The molecule has 0 aliphatic rings. The summed E-state index contributed by atoms with van der Waals surface area (Å²) in [5.41, 5.74) is 1.87. The van der Waals surface area contributed by atoms with Crippen molar-refractivity contribution in [2.75, 3.05) is 10.8 Å². The Hall–Kier alpha value is -2.71. The van der Waals surface area contributed by atoms with Crippen LogP contribution in [0.1, 0.15) is 30.5 Å². The molecule has 0 bridgehead atoms. The summed E-state index contributed by atoms with van der Waals surface area (Å²) in [4.78, 5) is 12.8. The topological polar surface area (TPSA) is 66.5 Å². The van der Waals surface area contributed by atoms with E-state index in [4.69, 9.17) is 0 Å². The molecule has 0 radical (unpaired) electrons. The Morgan fingerprint density at radius 2 is 1.80 bits per heavy atom. The van der Waals surface area contributed by atoms with Crippen molar-refractivity contribution in [1.82, 2.24) is 5.32 Å². The van der Waals surface area contributed by atoms with Gasteiger partial charge in [-0.15, -0.1) is 11.3 Å². The summed E-state index contributed by atoms with van der Waals surface area (Å²) < 4.78 is 41.6. The lowest BCUT2D eigenvalue weighted by Gasteiger charge is -2.25. The number of carbonyl (C=O) groups excluding carboxylic acids is 1. The summed E-state index contributed by atoms with van der Waals surface area (Å²) in [5.74, 6) is -1.22. The molecule has 1 N–H and O–H groups in total. The Morgan fingerprint density at radius 3 is 2.40 bits per heavy atom. The number of nitrogens with one attached hydrogen (secondary N) is 1. The number of halogens is 1. The predicted octanol–water partition coefficient (Wildman–Crippen LogP) is 4.66. The summed E-state index contributed by atoms with van der Waals surface area (Å²) >= 11 is 1.02. The zero-order valence-electron chi connectivity index (χ0n) is 16.7. The molecule has 1 aromatic heterocycles. The van der Waals surface area contributed by atoms with E-state index in [-0.39, 0.29) is 15.9 Å². The minimum atomic E-state index is -4.09. The third kappa shape index (κ3) is 4.88. The van der Waals surface area contributed by atoms with Crippen LogP contribution in [-0.4, -0.2) is 20.9 Å². The van der Waals surface area contributed by atoms with E-state index in [0.29, 0.717) is 6.42 Å². The number of hydrogen-bond acceptors (Lipinski definition) is 4. The fourth-order valence-corrected chi connectivity index (χ4v) is 5.60. The normalized spacial score (nSPS) is 12.4. The van der Waals surface area contributed by atoms with Gasteiger partial charge in [0, 0.05) is 0 Å². The van der Waals surface area contributed by atoms with Gasteiger partial charge in [0.1, 0.15) is 16.6 Å². The number of amides is 1. The first-order valence-corrected chi connectivity index (χ1v) is 11.8. The average Bonchev–Trinajstić information content (AvgIpc) is 3.27. The first-order valence-electron chi connectivity index (χ1n) is 9.49. The van der Waals surface area contributed by atoms with Gasteiger partial charge in [0.25, 0.3) is 10.0 Å². The minimum absolute atomic E-state index is 0.0455. The molecule has 0 aliphatic carbocycles. The van der Waals surface area contributed by atoms with Crippen LogP contribution in [0.4, 0.5) is 10.1 Å². The lowest BCUT2D eigenvalue weighted by Crippen LogP contribution is -2.42. The molecule has 1 heterocycles. The van der Waals surface area contributed by atoms with Crippen molar-refractivity contribution in [2.24, 2.45) is 0 Å². The van der Waals surface area contributed by atoms with Crippen LogP contribution in [-0.2, 0) is 14.8 Å². The molecular formula is C22H23FN2O3S2. The van der Waals surface area contributed by atoms with Gasteiger partial charge >= 0.3 is 0 Å². The van der Waals surface area contributed by atoms with Gasteiger partial charge in [-0.1, -0.05) is 55.0 Å². The number of benzene rings is 2. The Kier molecular flexibility index (Phi) is 6.89. The van der Waals surface area contributed by atoms with E-state index in [9.17, 15) is 17.6 Å². The van der Waals surface area contributed by atoms with Gasteiger partial charge < -0.3 is 5.32 Å². The highest BCUT2D eigenvalue weighted by Crippen LogP contribution is 2.28. The van der Waals surface area contributed by atoms with Crippen LogP contribution in [0.2, 0.25) is 0 Å². The quantitative estimate of drug-likeness (QED) is 0.547. The minimum Gasteiger partial charge on any atom is -0.348 e. The van der Waals surface area contributed by atoms with Crippen molar-refractivity contribution in [3.8, 4) is 0 Å². The number of aryl methyl sites for hydroxylation is 1. The van der Waals surface area contributed by atoms with Crippen LogP contribution in [0.3, 0.4) is 0 Å². The Labute approximate surface area is 180 Å². The van der Waals surface area contributed by atoms with E-state index in [1.807, 2.05) is 38.1 Å². The van der Waals surface area contributed by atoms with Gasteiger partial charge in [0.05, 0.1) is 11.7 Å². The zero-order chi connectivity index (χ0) is 21.7. The number of para-hydroxylation sites is 1. The molecule has 30 heavy (non-hydrogen) atoms.